The fourth-order valence-corrected chi connectivity index (χ4v) is 2.06. The van der Waals surface area contributed by atoms with E-state index in [1.807, 2.05) is 18.2 Å². The number of urea groups is 1. The van der Waals surface area contributed by atoms with Gasteiger partial charge in [0.25, 0.3) is 0 Å². The van der Waals surface area contributed by atoms with Gasteiger partial charge in [-0.3, -0.25) is 0 Å². The summed E-state index contributed by atoms with van der Waals surface area (Å²) in [6, 6.07) is 8.78. The molecule has 1 unspecified atom stereocenters. The highest BCUT2D eigenvalue weighted by atomic mass is 16.4. The Kier molecular flexibility index (Phi) is 6.72. The lowest BCUT2D eigenvalue weighted by molar-refractivity contribution is -0.140. The Morgan fingerprint density at radius 1 is 1.14 bits per heavy atom. The molecule has 0 saturated heterocycles. The summed E-state index contributed by atoms with van der Waals surface area (Å²) in [5, 5.41) is 14.2. The number of rotatable bonds is 7. The van der Waals surface area contributed by atoms with Crippen LogP contribution in [0.2, 0.25) is 0 Å². The number of carbonyl (C=O) groups excluding carboxylic acids is 1. The summed E-state index contributed by atoms with van der Waals surface area (Å²) in [6.07, 6.45) is 0.802. The maximum atomic E-state index is 11.7. The van der Waals surface area contributed by atoms with Crippen LogP contribution in [0.15, 0.2) is 30.3 Å². The van der Waals surface area contributed by atoms with Crippen LogP contribution in [0.5, 0.6) is 0 Å². The Hall–Kier alpha value is -2.04. The number of carbonyl (C=O) groups is 2. The van der Waals surface area contributed by atoms with Gasteiger partial charge in [-0.05, 0) is 23.8 Å². The fraction of sp³-hybridized carbons (Fsp3) is 0.500. The number of hydrogen-bond acceptors (Lipinski definition) is 2. The first-order chi connectivity index (χ1) is 9.91. The van der Waals surface area contributed by atoms with Gasteiger partial charge in [-0.1, -0.05) is 51.1 Å². The lowest BCUT2D eigenvalue weighted by atomic mass is 9.98. The first-order valence-corrected chi connectivity index (χ1v) is 7.24. The van der Waals surface area contributed by atoms with Gasteiger partial charge in [-0.25, -0.2) is 9.59 Å². The second kappa shape index (κ2) is 8.29. The summed E-state index contributed by atoms with van der Waals surface area (Å²) < 4.78 is 0. The Labute approximate surface area is 125 Å². The van der Waals surface area contributed by atoms with E-state index in [0.717, 1.165) is 6.42 Å². The molecule has 1 aromatic rings. The third kappa shape index (κ3) is 5.85. The minimum absolute atomic E-state index is 0.156. The van der Waals surface area contributed by atoms with Crippen molar-refractivity contribution in [2.45, 2.75) is 39.2 Å². The van der Waals surface area contributed by atoms with Crippen molar-refractivity contribution in [1.82, 2.24) is 10.6 Å². The molecular weight excluding hydrogens is 268 g/mol. The molecule has 0 spiro atoms. The lowest BCUT2D eigenvalue weighted by Crippen LogP contribution is -2.48. The number of benzene rings is 1. The van der Waals surface area contributed by atoms with E-state index >= 15 is 0 Å². The largest absolute Gasteiger partial charge is 0.480 e. The molecule has 0 fully saturated rings. The van der Waals surface area contributed by atoms with Crippen molar-refractivity contribution < 1.29 is 14.7 Å². The number of aliphatic carboxylic acids is 1. The molecule has 5 heteroatoms. The van der Waals surface area contributed by atoms with E-state index in [4.69, 9.17) is 5.11 Å². The predicted molar refractivity (Wildman–Crippen MR) is 82.3 cm³/mol. The average Bonchev–Trinajstić information content (AvgIpc) is 2.45. The Balaban J connectivity index is 2.35. The zero-order chi connectivity index (χ0) is 15.8. The summed E-state index contributed by atoms with van der Waals surface area (Å²) in [4.78, 5) is 22.7. The van der Waals surface area contributed by atoms with E-state index in [1.54, 1.807) is 13.8 Å². The molecule has 0 aromatic heterocycles. The molecule has 0 radical (unpaired) electrons. The normalized spacial score (nSPS) is 13.5. The Morgan fingerprint density at radius 2 is 1.76 bits per heavy atom. The standard InChI is InChI=1S/C16H24N2O3/c1-11(2)14(15(19)20)18-16(21)17-10-9-12(3)13-7-5-4-6-8-13/h4-8,11-12,14H,9-10H2,1-3H3,(H,19,20)(H2,17,18,21)/t12?,14-/m0/s1. The van der Waals surface area contributed by atoms with Crippen LogP contribution in [0.1, 0.15) is 38.7 Å². The van der Waals surface area contributed by atoms with Crippen molar-refractivity contribution in [3.63, 3.8) is 0 Å². The van der Waals surface area contributed by atoms with E-state index < -0.39 is 18.0 Å². The molecule has 0 bridgehead atoms. The van der Waals surface area contributed by atoms with Crippen molar-refractivity contribution in [1.29, 1.82) is 0 Å². The second-order valence-electron chi connectivity index (χ2n) is 5.56. The van der Waals surface area contributed by atoms with E-state index in [1.165, 1.54) is 5.56 Å². The summed E-state index contributed by atoms with van der Waals surface area (Å²) in [5.41, 5.74) is 1.23. The van der Waals surface area contributed by atoms with Gasteiger partial charge in [0.2, 0.25) is 0 Å². The molecule has 2 amide bonds. The smallest absolute Gasteiger partial charge is 0.326 e. The molecular formula is C16H24N2O3. The molecule has 2 atom stereocenters. The summed E-state index contributed by atoms with van der Waals surface area (Å²) in [5.74, 6) is -0.832. The van der Waals surface area contributed by atoms with E-state index in [2.05, 4.69) is 29.7 Å². The van der Waals surface area contributed by atoms with Crippen molar-refractivity contribution in [3.8, 4) is 0 Å². The molecule has 1 aromatic carbocycles. The van der Waals surface area contributed by atoms with Crippen LogP contribution in [-0.2, 0) is 4.79 Å². The average molecular weight is 292 g/mol. The quantitative estimate of drug-likeness (QED) is 0.722. The molecule has 0 aliphatic heterocycles. The Bertz CT molecular complexity index is 460. The molecule has 1 rings (SSSR count). The van der Waals surface area contributed by atoms with Gasteiger partial charge < -0.3 is 15.7 Å². The summed E-state index contributed by atoms with van der Waals surface area (Å²) >= 11 is 0. The first-order valence-electron chi connectivity index (χ1n) is 7.24. The minimum atomic E-state index is -1.02. The van der Waals surface area contributed by atoms with Crippen molar-refractivity contribution >= 4 is 12.0 Å². The van der Waals surface area contributed by atoms with Crippen LogP contribution in [0, 0.1) is 5.92 Å². The zero-order valence-corrected chi connectivity index (χ0v) is 12.8. The predicted octanol–water partition coefficient (Wildman–Crippen LogP) is 2.59. The number of carboxylic acid groups (broad SMARTS) is 1. The number of nitrogens with one attached hydrogen (secondary N) is 2. The van der Waals surface area contributed by atoms with Crippen LogP contribution in [0.25, 0.3) is 0 Å². The van der Waals surface area contributed by atoms with E-state index in [0.29, 0.717) is 12.5 Å². The van der Waals surface area contributed by atoms with Crippen molar-refractivity contribution in [2.75, 3.05) is 6.54 Å². The van der Waals surface area contributed by atoms with Crippen LogP contribution in [0.4, 0.5) is 4.79 Å². The molecule has 0 aliphatic rings. The Morgan fingerprint density at radius 3 is 2.29 bits per heavy atom. The van der Waals surface area contributed by atoms with Gasteiger partial charge in [0.05, 0.1) is 0 Å². The maximum absolute atomic E-state index is 11.7. The summed E-state index contributed by atoms with van der Waals surface area (Å²) in [7, 11) is 0. The molecule has 5 nitrogen and oxygen atoms in total. The highest BCUT2D eigenvalue weighted by molar-refractivity contribution is 5.82. The van der Waals surface area contributed by atoms with Crippen molar-refractivity contribution in [3.05, 3.63) is 35.9 Å². The third-order valence-corrected chi connectivity index (χ3v) is 3.45. The highest BCUT2D eigenvalue weighted by Crippen LogP contribution is 2.17. The zero-order valence-electron chi connectivity index (χ0n) is 12.8. The van der Waals surface area contributed by atoms with E-state index in [9.17, 15) is 9.59 Å². The van der Waals surface area contributed by atoms with Gasteiger partial charge in [0, 0.05) is 6.54 Å². The first kappa shape index (κ1) is 17.0. The van der Waals surface area contributed by atoms with Crippen molar-refractivity contribution in [2.24, 2.45) is 5.92 Å². The monoisotopic (exact) mass is 292 g/mol. The lowest BCUT2D eigenvalue weighted by Gasteiger charge is -2.19. The van der Waals surface area contributed by atoms with Gasteiger partial charge in [-0.15, -0.1) is 0 Å². The molecule has 0 heterocycles. The van der Waals surface area contributed by atoms with Gasteiger partial charge in [0.15, 0.2) is 0 Å². The molecule has 0 aliphatic carbocycles. The van der Waals surface area contributed by atoms with E-state index in [-0.39, 0.29) is 5.92 Å². The highest BCUT2D eigenvalue weighted by Gasteiger charge is 2.23. The number of carboxylic acids is 1. The topological polar surface area (TPSA) is 78.4 Å². The second-order valence-corrected chi connectivity index (χ2v) is 5.56. The SMILES string of the molecule is CC(CCNC(=O)N[C@H](C(=O)O)C(C)C)c1ccccc1. The minimum Gasteiger partial charge on any atom is -0.480 e. The maximum Gasteiger partial charge on any atom is 0.326 e. The number of hydrogen-bond donors (Lipinski definition) is 3. The number of amides is 2. The molecule has 21 heavy (non-hydrogen) atoms. The van der Waals surface area contributed by atoms with Crippen LogP contribution < -0.4 is 10.6 Å². The molecule has 116 valence electrons. The van der Waals surface area contributed by atoms with Gasteiger partial charge >= 0.3 is 12.0 Å². The van der Waals surface area contributed by atoms with Crippen LogP contribution in [0.3, 0.4) is 0 Å². The summed E-state index contributed by atoms with van der Waals surface area (Å²) in [6.45, 7) is 6.13. The van der Waals surface area contributed by atoms with Crippen LogP contribution >= 0.6 is 0 Å². The third-order valence-electron chi connectivity index (χ3n) is 3.45. The molecule has 3 N–H and O–H groups in total. The molecule has 0 saturated carbocycles. The fourth-order valence-electron chi connectivity index (χ4n) is 2.06. The van der Waals surface area contributed by atoms with Crippen LogP contribution in [-0.4, -0.2) is 29.7 Å². The van der Waals surface area contributed by atoms with Gasteiger partial charge in [-0.2, -0.15) is 0 Å². The van der Waals surface area contributed by atoms with Gasteiger partial charge in [0.1, 0.15) is 6.04 Å².